The van der Waals surface area contributed by atoms with Gasteiger partial charge in [-0.25, -0.2) is 13.4 Å². The molecule has 0 spiro atoms. The zero-order valence-corrected chi connectivity index (χ0v) is 15.3. The van der Waals surface area contributed by atoms with Gasteiger partial charge in [-0.05, 0) is 25.5 Å². The molecule has 1 aliphatic heterocycles. The van der Waals surface area contributed by atoms with Crippen LogP contribution in [0.25, 0.3) is 11.5 Å². The third-order valence-electron chi connectivity index (χ3n) is 4.64. The first kappa shape index (κ1) is 17.7. The molecule has 7 heteroatoms. The van der Waals surface area contributed by atoms with Gasteiger partial charge in [0, 0.05) is 31.5 Å². The van der Waals surface area contributed by atoms with E-state index in [9.17, 15) is 13.2 Å². The van der Waals surface area contributed by atoms with Crippen molar-refractivity contribution in [3.05, 3.63) is 41.8 Å². The summed E-state index contributed by atoms with van der Waals surface area (Å²) in [6.45, 7) is 1.84. The van der Waals surface area contributed by atoms with E-state index in [1.807, 2.05) is 37.3 Å². The number of oxazole rings is 1. The van der Waals surface area contributed by atoms with E-state index in [1.165, 1.54) is 0 Å². The van der Waals surface area contributed by atoms with Gasteiger partial charge in [-0.1, -0.05) is 18.2 Å². The van der Waals surface area contributed by atoms with Crippen molar-refractivity contribution in [1.82, 2.24) is 9.88 Å². The molecular formula is C18H22N2O4S. The van der Waals surface area contributed by atoms with Crippen LogP contribution in [-0.4, -0.2) is 48.8 Å². The van der Waals surface area contributed by atoms with Gasteiger partial charge in [0.1, 0.15) is 5.76 Å². The van der Waals surface area contributed by atoms with E-state index < -0.39 is 9.84 Å². The van der Waals surface area contributed by atoms with Crippen LogP contribution in [-0.2, 0) is 21.1 Å². The first-order valence-corrected chi connectivity index (χ1v) is 10.2. The van der Waals surface area contributed by atoms with Crippen molar-refractivity contribution in [1.29, 1.82) is 0 Å². The van der Waals surface area contributed by atoms with Gasteiger partial charge in [0.2, 0.25) is 11.8 Å². The molecule has 0 saturated carbocycles. The first-order chi connectivity index (χ1) is 11.9. The number of amides is 1. The minimum atomic E-state index is -3.00. The van der Waals surface area contributed by atoms with Crippen LogP contribution in [0.3, 0.4) is 0 Å². The summed E-state index contributed by atoms with van der Waals surface area (Å²) < 4.78 is 28.8. The Hall–Kier alpha value is -2.15. The van der Waals surface area contributed by atoms with Crippen LogP contribution < -0.4 is 0 Å². The molecule has 1 amide bonds. The molecule has 2 aromatic rings. The van der Waals surface area contributed by atoms with Gasteiger partial charge in [0.15, 0.2) is 9.84 Å². The smallest absolute Gasteiger partial charge is 0.226 e. The maximum Gasteiger partial charge on any atom is 0.226 e. The third kappa shape index (κ3) is 4.10. The van der Waals surface area contributed by atoms with E-state index in [-0.39, 0.29) is 29.9 Å². The summed E-state index contributed by atoms with van der Waals surface area (Å²) in [5.74, 6) is 1.42. The molecule has 3 rings (SSSR count). The monoisotopic (exact) mass is 362 g/mol. The van der Waals surface area contributed by atoms with Crippen LogP contribution in [0.1, 0.15) is 24.3 Å². The number of aryl methyl sites for hydroxylation is 2. The average Bonchev–Trinajstić information content (AvgIpc) is 3.15. The molecular weight excluding hydrogens is 340 g/mol. The molecule has 0 bridgehead atoms. The van der Waals surface area contributed by atoms with Gasteiger partial charge in [-0.15, -0.1) is 0 Å². The summed E-state index contributed by atoms with van der Waals surface area (Å²) in [6.07, 6.45) is 1.28. The summed E-state index contributed by atoms with van der Waals surface area (Å²) in [7, 11) is -1.32. The zero-order chi connectivity index (χ0) is 18.0. The second kappa shape index (κ2) is 7.00. The van der Waals surface area contributed by atoms with Crippen molar-refractivity contribution in [3.8, 4) is 11.5 Å². The van der Waals surface area contributed by atoms with Gasteiger partial charge in [0.05, 0.1) is 17.2 Å². The fourth-order valence-corrected chi connectivity index (χ4v) is 4.82. The minimum Gasteiger partial charge on any atom is -0.441 e. The Morgan fingerprint density at radius 2 is 2.04 bits per heavy atom. The van der Waals surface area contributed by atoms with Crippen LogP contribution >= 0.6 is 0 Å². The summed E-state index contributed by atoms with van der Waals surface area (Å²) in [5, 5.41) is 0. The number of benzene rings is 1. The second-order valence-electron chi connectivity index (χ2n) is 6.45. The Morgan fingerprint density at radius 3 is 2.68 bits per heavy atom. The van der Waals surface area contributed by atoms with Crippen LogP contribution in [0.2, 0.25) is 0 Å². The topological polar surface area (TPSA) is 80.5 Å². The standard InChI is InChI=1S/C18H22N2O4S/c1-13-16(19-18(24-13)14-6-4-3-5-7-14)8-9-17(21)20(2)15-10-11-25(22,23)12-15/h3-7,15H,8-12H2,1-2H3. The van der Waals surface area contributed by atoms with E-state index in [2.05, 4.69) is 4.98 Å². The fraction of sp³-hybridized carbons (Fsp3) is 0.444. The Balaban J connectivity index is 1.62. The lowest BCUT2D eigenvalue weighted by Gasteiger charge is -2.23. The highest BCUT2D eigenvalue weighted by molar-refractivity contribution is 7.91. The number of carbonyl (C=O) groups excluding carboxylic acids is 1. The summed E-state index contributed by atoms with van der Waals surface area (Å²) in [5.41, 5.74) is 1.66. The molecule has 1 unspecified atom stereocenters. The normalized spacial score (nSPS) is 19.0. The Labute approximate surface area is 147 Å². The number of hydrogen-bond donors (Lipinski definition) is 0. The second-order valence-corrected chi connectivity index (χ2v) is 8.68. The van der Waals surface area contributed by atoms with E-state index in [4.69, 9.17) is 4.42 Å². The number of hydrogen-bond acceptors (Lipinski definition) is 5. The molecule has 1 aromatic heterocycles. The van der Waals surface area contributed by atoms with Crippen molar-refractivity contribution in [2.24, 2.45) is 0 Å². The van der Waals surface area contributed by atoms with Gasteiger partial charge in [0.25, 0.3) is 0 Å². The van der Waals surface area contributed by atoms with E-state index in [1.54, 1.807) is 11.9 Å². The number of sulfone groups is 1. The lowest BCUT2D eigenvalue weighted by molar-refractivity contribution is -0.131. The highest BCUT2D eigenvalue weighted by Crippen LogP contribution is 2.23. The SMILES string of the molecule is Cc1oc(-c2ccccc2)nc1CCC(=O)N(C)C1CCS(=O)(=O)C1. The Bertz CT molecular complexity index is 858. The summed E-state index contributed by atoms with van der Waals surface area (Å²) >= 11 is 0. The van der Waals surface area contributed by atoms with Crippen LogP contribution in [0, 0.1) is 6.92 Å². The lowest BCUT2D eigenvalue weighted by Crippen LogP contribution is -2.37. The molecule has 1 fully saturated rings. The molecule has 1 saturated heterocycles. The van der Waals surface area contributed by atoms with Crippen molar-refractivity contribution >= 4 is 15.7 Å². The maximum absolute atomic E-state index is 12.4. The van der Waals surface area contributed by atoms with E-state index in [0.29, 0.717) is 24.5 Å². The van der Waals surface area contributed by atoms with Crippen molar-refractivity contribution in [2.75, 3.05) is 18.6 Å². The van der Waals surface area contributed by atoms with Gasteiger partial charge in [-0.2, -0.15) is 0 Å². The zero-order valence-electron chi connectivity index (χ0n) is 14.4. The van der Waals surface area contributed by atoms with Crippen molar-refractivity contribution in [2.45, 2.75) is 32.2 Å². The molecule has 134 valence electrons. The van der Waals surface area contributed by atoms with Crippen LogP contribution in [0.5, 0.6) is 0 Å². The highest BCUT2D eigenvalue weighted by Gasteiger charge is 2.32. The largest absolute Gasteiger partial charge is 0.441 e. The predicted octanol–water partition coefficient (Wildman–Crippen LogP) is 2.23. The molecule has 0 radical (unpaired) electrons. The summed E-state index contributed by atoms with van der Waals surface area (Å²) in [4.78, 5) is 18.4. The summed E-state index contributed by atoms with van der Waals surface area (Å²) in [6, 6.07) is 9.41. The quantitative estimate of drug-likeness (QED) is 0.815. The number of aromatic nitrogens is 1. The lowest BCUT2D eigenvalue weighted by atomic mass is 10.1. The van der Waals surface area contributed by atoms with Gasteiger partial charge >= 0.3 is 0 Å². The molecule has 0 aliphatic carbocycles. The van der Waals surface area contributed by atoms with E-state index in [0.717, 1.165) is 11.3 Å². The minimum absolute atomic E-state index is 0.0641. The Kier molecular flexibility index (Phi) is 4.94. The van der Waals surface area contributed by atoms with E-state index >= 15 is 0 Å². The number of rotatable bonds is 5. The molecule has 25 heavy (non-hydrogen) atoms. The average molecular weight is 362 g/mol. The molecule has 2 heterocycles. The Morgan fingerprint density at radius 1 is 1.32 bits per heavy atom. The molecule has 1 aromatic carbocycles. The van der Waals surface area contributed by atoms with Crippen molar-refractivity contribution < 1.29 is 17.6 Å². The first-order valence-electron chi connectivity index (χ1n) is 8.33. The van der Waals surface area contributed by atoms with Gasteiger partial charge in [-0.3, -0.25) is 4.79 Å². The van der Waals surface area contributed by atoms with Gasteiger partial charge < -0.3 is 9.32 Å². The van der Waals surface area contributed by atoms with Crippen LogP contribution in [0.15, 0.2) is 34.7 Å². The molecule has 1 atom stereocenters. The molecule has 1 aliphatic rings. The van der Waals surface area contributed by atoms with Crippen LogP contribution in [0.4, 0.5) is 0 Å². The molecule has 0 N–H and O–H groups in total. The number of carbonyl (C=O) groups is 1. The van der Waals surface area contributed by atoms with Crippen molar-refractivity contribution in [3.63, 3.8) is 0 Å². The number of nitrogens with zero attached hydrogens (tertiary/aromatic N) is 2. The maximum atomic E-state index is 12.4. The predicted molar refractivity (Wildman–Crippen MR) is 94.8 cm³/mol. The fourth-order valence-electron chi connectivity index (χ4n) is 3.05. The third-order valence-corrected chi connectivity index (χ3v) is 6.39. The highest BCUT2D eigenvalue weighted by atomic mass is 32.2. The molecule has 6 nitrogen and oxygen atoms in total.